The topological polar surface area (TPSA) is 49.4 Å². The average molecular weight is 285 g/mol. The Bertz CT molecular complexity index is 559. The SMILES string of the molecule is O=C1Nc2ccc(Cl)c(Cl)c2C(=O)N2CCC[C@@H]12. The third-order valence-electron chi connectivity index (χ3n) is 3.38. The number of benzene rings is 1. The molecule has 3 rings (SSSR count). The third kappa shape index (κ3) is 1.60. The van der Waals surface area contributed by atoms with Crippen LogP contribution in [0.25, 0.3) is 0 Å². The van der Waals surface area contributed by atoms with Crippen LogP contribution in [0, 0.1) is 0 Å². The fourth-order valence-electron chi connectivity index (χ4n) is 2.51. The highest BCUT2D eigenvalue weighted by Crippen LogP contribution is 2.36. The maximum atomic E-state index is 12.4. The van der Waals surface area contributed by atoms with Gasteiger partial charge < -0.3 is 10.2 Å². The average Bonchev–Trinajstić information content (AvgIpc) is 2.79. The number of amides is 2. The van der Waals surface area contributed by atoms with Crippen molar-refractivity contribution < 1.29 is 9.59 Å². The van der Waals surface area contributed by atoms with E-state index >= 15 is 0 Å². The summed E-state index contributed by atoms with van der Waals surface area (Å²) in [4.78, 5) is 26.0. The molecule has 1 aromatic rings. The number of nitrogens with one attached hydrogen (secondary N) is 1. The zero-order valence-electron chi connectivity index (χ0n) is 9.37. The van der Waals surface area contributed by atoms with Crippen LogP contribution in [0.5, 0.6) is 0 Å². The lowest BCUT2D eigenvalue weighted by atomic mass is 10.1. The van der Waals surface area contributed by atoms with Crippen LogP contribution in [-0.2, 0) is 4.79 Å². The zero-order chi connectivity index (χ0) is 12.9. The first-order chi connectivity index (χ1) is 8.59. The molecule has 4 nitrogen and oxygen atoms in total. The summed E-state index contributed by atoms with van der Waals surface area (Å²) < 4.78 is 0. The molecule has 0 bridgehead atoms. The van der Waals surface area contributed by atoms with Gasteiger partial charge in [-0.15, -0.1) is 0 Å². The quantitative estimate of drug-likeness (QED) is 0.796. The molecule has 2 heterocycles. The fraction of sp³-hybridized carbons (Fsp3) is 0.333. The van der Waals surface area contributed by atoms with E-state index < -0.39 is 0 Å². The molecule has 1 fully saturated rings. The first kappa shape index (κ1) is 11.8. The predicted molar refractivity (Wildman–Crippen MR) is 69.2 cm³/mol. The Kier molecular flexibility index (Phi) is 2.72. The van der Waals surface area contributed by atoms with Gasteiger partial charge in [0.05, 0.1) is 21.3 Å². The fourth-order valence-corrected chi connectivity index (χ4v) is 2.91. The molecule has 2 aliphatic heterocycles. The first-order valence-corrected chi connectivity index (χ1v) is 6.45. The standard InChI is InChI=1S/C12H10Cl2N2O2/c13-6-3-4-7-9(10(6)14)12(18)16-5-1-2-8(16)11(17)15-7/h3-4,8H,1-2,5H2,(H,15,17)/t8-/m0/s1. The molecule has 0 saturated carbocycles. The number of fused-ring (bicyclic) bond motifs is 2. The van der Waals surface area contributed by atoms with Gasteiger partial charge in [0.2, 0.25) is 5.91 Å². The van der Waals surface area contributed by atoms with Gasteiger partial charge in [-0.2, -0.15) is 0 Å². The smallest absolute Gasteiger partial charge is 0.258 e. The van der Waals surface area contributed by atoms with Crippen molar-refractivity contribution in [3.05, 3.63) is 27.7 Å². The van der Waals surface area contributed by atoms with Gasteiger partial charge in [0.15, 0.2) is 0 Å². The van der Waals surface area contributed by atoms with E-state index in [1.807, 2.05) is 0 Å². The predicted octanol–water partition coefficient (Wildman–Crippen LogP) is 2.55. The third-order valence-corrected chi connectivity index (χ3v) is 4.19. The van der Waals surface area contributed by atoms with Gasteiger partial charge in [-0.3, -0.25) is 9.59 Å². The lowest BCUT2D eigenvalue weighted by molar-refractivity contribution is -0.119. The van der Waals surface area contributed by atoms with E-state index in [1.165, 1.54) is 0 Å². The van der Waals surface area contributed by atoms with Gasteiger partial charge in [0, 0.05) is 6.54 Å². The number of hydrogen-bond donors (Lipinski definition) is 1. The number of halogens is 2. The molecule has 0 aromatic heterocycles. The van der Waals surface area contributed by atoms with Crippen LogP contribution in [-0.4, -0.2) is 29.3 Å². The lowest BCUT2D eigenvalue weighted by Gasteiger charge is -2.20. The molecule has 2 amide bonds. The van der Waals surface area contributed by atoms with E-state index in [0.717, 1.165) is 6.42 Å². The van der Waals surface area contributed by atoms with Crippen LogP contribution in [0.3, 0.4) is 0 Å². The Morgan fingerprint density at radius 3 is 2.83 bits per heavy atom. The summed E-state index contributed by atoms with van der Waals surface area (Å²) in [5, 5.41) is 3.26. The molecule has 94 valence electrons. The van der Waals surface area contributed by atoms with E-state index in [9.17, 15) is 9.59 Å². The van der Waals surface area contributed by atoms with Gasteiger partial charge >= 0.3 is 0 Å². The Hall–Kier alpha value is -1.26. The van der Waals surface area contributed by atoms with Crippen molar-refractivity contribution in [3.8, 4) is 0 Å². The Morgan fingerprint density at radius 1 is 1.28 bits per heavy atom. The van der Waals surface area contributed by atoms with Crippen molar-refractivity contribution in [2.24, 2.45) is 0 Å². The normalized spacial score (nSPS) is 22.3. The van der Waals surface area contributed by atoms with Crippen LogP contribution in [0.2, 0.25) is 10.0 Å². The number of nitrogens with zero attached hydrogens (tertiary/aromatic N) is 1. The molecule has 0 spiro atoms. The summed E-state index contributed by atoms with van der Waals surface area (Å²) in [6.07, 6.45) is 1.52. The Morgan fingerprint density at radius 2 is 2.06 bits per heavy atom. The molecule has 2 aliphatic rings. The summed E-state index contributed by atoms with van der Waals surface area (Å²) in [6.45, 7) is 0.583. The molecule has 1 saturated heterocycles. The van der Waals surface area contributed by atoms with Crippen LogP contribution < -0.4 is 5.32 Å². The van der Waals surface area contributed by atoms with Crippen LogP contribution in [0.1, 0.15) is 23.2 Å². The minimum atomic E-state index is -0.389. The maximum Gasteiger partial charge on any atom is 0.258 e. The van der Waals surface area contributed by atoms with Gasteiger partial charge in [-0.05, 0) is 25.0 Å². The van der Waals surface area contributed by atoms with Gasteiger partial charge in [-0.25, -0.2) is 0 Å². The number of anilines is 1. The molecule has 0 unspecified atom stereocenters. The lowest BCUT2D eigenvalue weighted by Crippen LogP contribution is -2.40. The van der Waals surface area contributed by atoms with Gasteiger partial charge in [-0.1, -0.05) is 23.2 Å². The van der Waals surface area contributed by atoms with Gasteiger partial charge in [0.1, 0.15) is 6.04 Å². The highest BCUT2D eigenvalue weighted by molar-refractivity contribution is 6.44. The van der Waals surface area contributed by atoms with Crippen molar-refractivity contribution in [1.29, 1.82) is 0 Å². The van der Waals surface area contributed by atoms with Crippen molar-refractivity contribution >= 4 is 40.7 Å². The molecule has 18 heavy (non-hydrogen) atoms. The molecule has 1 N–H and O–H groups in total. The second kappa shape index (κ2) is 4.14. The summed E-state index contributed by atoms with van der Waals surface area (Å²) in [5.41, 5.74) is 0.732. The Balaban J connectivity index is 2.18. The first-order valence-electron chi connectivity index (χ1n) is 5.69. The molecule has 1 atom stereocenters. The van der Waals surface area contributed by atoms with Crippen molar-refractivity contribution in [1.82, 2.24) is 4.90 Å². The number of hydrogen-bond acceptors (Lipinski definition) is 2. The van der Waals surface area contributed by atoms with E-state index in [0.29, 0.717) is 29.2 Å². The second-order valence-electron chi connectivity index (χ2n) is 4.43. The monoisotopic (exact) mass is 284 g/mol. The molecular formula is C12H10Cl2N2O2. The number of carbonyl (C=O) groups is 2. The van der Waals surface area contributed by atoms with E-state index in [1.54, 1.807) is 17.0 Å². The molecule has 0 radical (unpaired) electrons. The van der Waals surface area contributed by atoms with Crippen molar-refractivity contribution in [2.45, 2.75) is 18.9 Å². The largest absolute Gasteiger partial charge is 0.326 e. The minimum Gasteiger partial charge on any atom is -0.326 e. The van der Waals surface area contributed by atoms with Crippen molar-refractivity contribution in [2.75, 3.05) is 11.9 Å². The number of rotatable bonds is 0. The summed E-state index contributed by atoms with van der Waals surface area (Å²) in [5.74, 6) is -0.378. The molecular weight excluding hydrogens is 275 g/mol. The molecule has 6 heteroatoms. The number of carbonyl (C=O) groups excluding carboxylic acids is 2. The maximum absolute atomic E-state index is 12.4. The summed E-state index contributed by atoms with van der Waals surface area (Å²) in [7, 11) is 0. The Labute approximate surface area is 114 Å². The highest BCUT2D eigenvalue weighted by Gasteiger charge is 2.39. The minimum absolute atomic E-state index is 0.155. The van der Waals surface area contributed by atoms with E-state index in [-0.39, 0.29) is 22.9 Å². The van der Waals surface area contributed by atoms with Crippen LogP contribution in [0.15, 0.2) is 12.1 Å². The van der Waals surface area contributed by atoms with Crippen LogP contribution >= 0.6 is 23.2 Å². The van der Waals surface area contributed by atoms with Crippen molar-refractivity contribution in [3.63, 3.8) is 0 Å². The van der Waals surface area contributed by atoms with Gasteiger partial charge in [0.25, 0.3) is 5.91 Å². The highest BCUT2D eigenvalue weighted by atomic mass is 35.5. The summed E-state index contributed by atoms with van der Waals surface area (Å²) >= 11 is 12.0. The van der Waals surface area contributed by atoms with Crippen LogP contribution in [0.4, 0.5) is 5.69 Å². The summed E-state index contributed by atoms with van der Waals surface area (Å²) in [6, 6.07) is 2.80. The molecule has 1 aromatic carbocycles. The zero-order valence-corrected chi connectivity index (χ0v) is 10.9. The second-order valence-corrected chi connectivity index (χ2v) is 5.21. The van der Waals surface area contributed by atoms with E-state index in [2.05, 4.69) is 5.32 Å². The van der Waals surface area contributed by atoms with E-state index in [4.69, 9.17) is 23.2 Å². The molecule has 0 aliphatic carbocycles.